The van der Waals surface area contributed by atoms with E-state index < -0.39 is 0 Å². The SMILES string of the molecule is Cc1ccc(NC2=C(c3cccs3)C(=O)N(c3cccc(N(C)C)c3)C2=O)c(C)c1. The second-order valence-corrected chi connectivity index (χ2v) is 8.48. The Morgan fingerprint density at radius 2 is 1.73 bits per heavy atom. The van der Waals surface area contributed by atoms with Crippen LogP contribution < -0.4 is 15.1 Å². The number of anilines is 3. The van der Waals surface area contributed by atoms with E-state index in [9.17, 15) is 9.59 Å². The number of nitrogens with one attached hydrogen (secondary N) is 1. The fourth-order valence-electron chi connectivity index (χ4n) is 3.53. The van der Waals surface area contributed by atoms with E-state index in [0.717, 1.165) is 27.4 Å². The normalized spacial score (nSPS) is 13.9. The van der Waals surface area contributed by atoms with Crippen LogP contribution in [0.1, 0.15) is 16.0 Å². The van der Waals surface area contributed by atoms with Crippen molar-refractivity contribution in [2.75, 3.05) is 29.2 Å². The number of aryl methyl sites for hydroxylation is 2. The van der Waals surface area contributed by atoms with Crippen molar-refractivity contribution in [1.29, 1.82) is 0 Å². The molecule has 2 aromatic carbocycles. The van der Waals surface area contributed by atoms with Gasteiger partial charge in [0.1, 0.15) is 5.70 Å². The molecule has 2 amide bonds. The first-order valence-electron chi connectivity index (χ1n) is 9.65. The highest BCUT2D eigenvalue weighted by Gasteiger charge is 2.40. The number of thiophene rings is 1. The number of amides is 2. The van der Waals surface area contributed by atoms with Gasteiger partial charge in [0, 0.05) is 30.3 Å². The summed E-state index contributed by atoms with van der Waals surface area (Å²) in [7, 11) is 3.85. The molecule has 152 valence electrons. The van der Waals surface area contributed by atoms with Gasteiger partial charge in [-0.05, 0) is 55.1 Å². The molecule has 0 fully saturated rings. The fraction of sp³-hybridized carbons (Fsp3) is 0.167. The van der Waals surface area contributed by atoms with E-state index in [1.165, 1.54) is 16.2 Å². The molecule has 2 heterocycles. The smallest absolute Gasteiger partial charge is 0.282 e. The monoisotopic (exact) mass is 417 g/mol. The van der Waals surface area contributed by atoms with Crippen molar-refractivity contribution in [3.05, 3.63) is 81.7 Å². The average Bonchev–Trinajstić information content (AvgIpc) is 3.31. The lowest BCUT2D eigenvalue weighted by Gasteiger charge is -2.19. The van der Waals surface area contributed by atoms with Crippen molar-refractivity contribution >= 4 is 45.8 Å². The zero-order valence-electron chi connectivity index (χ0n) is 17.4. The van der Waals surface area contributed by atoms with Crippen molar-refractivity contribution < 1.29 is 9.59 Å². The van der Waals surface area contributed by atoms with E-state index in [1.807, 2.05) is 86.8 Å². The summed E-state index contributed by atoms with van der Waals surface area (Å²) in [6.45, 7) is 4.01. The van der Waals surface area contributed by atoms with E-state index in [2.05, 4.69) is 5.32 Å². The summed E-state index contributed by atoms with van der Waals surface area (Å²) in [4.78, 5) is 30.9. The molecule has 6 heteroatoms. The highest BCUT2D eigenvalue weighted by Crippen LogP contribution is 2.36. The highest BCUT2D eigenvalue weighted by molar-refractivity contribution is 7.11. The number of hydrogen-bond donors (Lipinski definition) is 1. The van der Waals surface area contributed by atoms with E-state index in [-0.39, 0.29) is 11.8 Å². The number of rotatable bonds is 5. The summed E-state index contributed by atoms with van der Waals surface area (Å²) >= 11 is 1.45. The van der Waals surface area contributed by atoms with Gasteiger partial charge in [0.2, 0.25) is 0 Å². The molecule has 0 aliphatic carbocycles. The fourth-order valence-corrected chi connectivity index (χ4v) is 4.30. The molecule has 4 rings (SSSR count). The van der Waals surface area contributed by atoms with Crippen LogP contribution >= 0.6 is 11.3 Å². The van der Waals surface area contributed by atoms with Gasteiger partial charge in [0.25, 0.3) is 11.8 Å². The lowest BCUT2D eigenvalue weighted by molar-refractivity contribution is -0.120. The Hall–Kier alpha value is -3.38. The third-order valence-corrected chi connectivity index (χ3v) is 5.98. The van der Waals surface area contributed by atoms with Crippen LogP contribution in [0.3, 0.4) is 0 Å². The van der Waals surface area contributed by atoms with Crippen LogP contribution in [0.15, 0.2) is 65.7 Å². The maximum atomic E-state index is 13.5. The Morgan fingerprint density at radius 1 is 0.933 bits per heavy atom. The number of benzene rings is 2. The van der Waals surface area contributed by atoms with Gasteiger partial charge < -0.3 is 10.2 Å². The van der Waals surface area contributed by atoms with Gasteiger partial charge >= 0.3 is 0 Å². The third kappa shape index (κ3) is 3.50. The largest absolute Gasteiger partial charge is 0.378 e. The van der Waals surface area contributed by atoms with E-state index in [0.29, 0.717) is 17.0 Å². The van der Waals surface area contributed by atoms with Crippen molar-refractivity contribution in [2.24, 2.45) is 0 Å². The molecule has 0 spiro atoms. The molecular formula is C24H23N3O2S. The van der Waals surface area contributed by atoms with Gasteiger partial charge in [-0.2, -0.15) is 0 Å². The summed E-state index contributed by atoms with van der Waals surface area (Å²) in [6.07, 6.45) is 0. The van der Waals surface area contributed by atoms with Crippen molar-refractivity contribution in [2.45, 2.75) is 13.8 Å². The van der Waals surface area contributed by atoms with Gasteiger partial charge in [-0.3, -0.25) is 9.59 Å². The Kier molecular flexibility index (Phi) is 5.18. The number of carbonyl (C=O) groups is 2. The van der Waals surface area contributed by atoms with Crippen LogP contribution in [0.5, 0.6) is 0 Å². The molecule has 0 bridgehead atoms. The Labute approximate surface area is 180 Å². The molecule has 1 aliphatic heterocycles. The summed E-state index contributed by atoms with van der Waals surface area (Å²) in [5.74, 6) is -0.662. The number of carbonyl (C=O) groups excluding carboxylic acids is 2. The van der Waals surface area contributed by atoms with Crippen molar-refractivity contribution in [3.63, 3.8) is 0 Å². The number of imide groups is 1. The van der Waals surface area contributed by atoms with Gasteiger partial charge in [0.05, 0.1) is 11.3 Å². The zero-order chi connectivity index (χ0) is 21.4. The number of nitrogens with zero attached hydrogens (tertiary/aromatic N) is 2. The maximum absolute atomic E-state index is 13.5. The first kappa shape index (κ1) is 19.9. The molecule has 5 nitrogen and oxygen atoms in total. The van der Waals surface area contributed by atoms with Gasteiger partial charge in [-0.25, -0.2) is 4.90 Å². The predicted octanol–water partition coefficient (Wildman–Crippen LogP) is 4.83. The van der Waals surface area contributed by atoms with Gasteiger partial charge in [-0.1, -0.05) is 29.8 Å². The average molecular weight is 418 g/mol. The maximum Gasteiger partial charge on any atom is 0.282 e. The topological polar surface area (TPSA) is 52.7 Å². The van der Waals surface area contributed by atoms with Crippen LogP contribution in [0.4, 0.5) is 17.1 Å². The van der Waals surface area contributed by atoms with Crippen molar-refractivity contribution in [1.82, 2.24) is 0 Å². The van der Waals surface area contributed by atoms with Crippen LogP contribution in [0, 0.1) is 13.8 Å². The van der Waals surface area contributed by atoms with E-state index in [1.54, 1.807) is 6.07 Å². The lowest BCUT2D eigenvalue weighted by Crippen LogP contribution is -2.32. The summed E-state index contributed by atoms with van der Waals surface area (Å²) in [5, 5.41) is 5.16. The predicted molar refractivity (Wildman–Crippen MR) is 124 cm³/mol. The first-order chi connectivity index (χ1) is 14.4. The Bertz CT molecular complexity index is 1160. The second kappa shape index (κ2) is 7.80. The standard InChI is InChI=1S/C24H23N3O2S/c1-15-10-11-19(16(2)13-15)25-22-21(20-9-6-12-30-20)23(28)27(24(22)29)18-8-5-7-17(14-18)26(3)4/h5-14,25H,1-4H3. The molecule has 30 heavy (non-hydrogen) atoms. The summed E-state index contributed by atoms with van der Waals surface area (Å²) in [6, 6.07) is 17.2. The Balaban J connectivity index is 1.80. The Morgan fingerprint density at radius 3 is 2.40 bits per heavy atom. The van der Waals surface area contributed by atoms with E-state index in [4.69, 9.17) is 0 Å². The molecule has 1 aromatic heterocycles. The third-order valence-electron chi connectivity index (χ3n) is 5.10. The van der Waals surface area contributed by atoms with Crippen LogP contribution in [0.2, 0.25) is 0 Å². The molecule has 3 aromatic rings. The van der Waals surface area contributed by atoms with Crippen molar-refractivity contribution in [3.8, 4) is 0 Å². The summed E-state index contributed by atoms with van der Waals surface area (Å²) < 4.78 is 0. The highest BCUT2D eigenvalue weighted by atomic mass is 32.1. The number of hydrogen-bond acceptors (Lipinski definition) is 5. The molecule has 1 aliphatic rings. The zero-order valence-corrected chi connectivity index (χ0v) is 18.2. The second-order valence-electron chi connectivity index (χ2n) is 7.53. The quantitative estimate of drug-likeness (QED) is 0.605. The molecule has 0 atom stereocenters. The minimum absolute atomic E-state index is 0.310. The molecule has 0 radical (unpaired) electrons. The minimum Gasteiger partial charge on any atom is -0.378 e. The molecule has 0 unspecified atom stereocenters. The van der Waals surface area contributed by atoms with E-state index >= 15 is 0 Å². The van der Waals surface area contributed by atoms with Gasteiger partial charge in [0.15, 0.2) is 0 Å². The van der Waals surface area contributed by atoms with Crippen LogP contribution in [-0.4, -0.2) is 25.9 Å². The molecule has 0 saturated heterocycles. The molecule has 1 N–H and O–H groups in total. The first-order valence-corrected chi connectivity index (χ1v) is 10.5. The van der Waals surface area contributed by atoms with Crippen LogP contribution in [0.25, 0.3) is 5.57 Å². The van der Waals surface area contributed by atoms with Crippen LogP contribution in [-0.2, 0) is 9.59 Å². The summed E-state index contributed by atoms with van der Waals surface area (Å²) in [5.41, 5.74) is 5.16. The molecule has 0 saturated carbocycles. The van der Waals surface area contributed by atoms with Gasteiger partial charge in [-0.15, -0.1) is 11.3 Å². The molecular weight excluding hydrogens is 394 g/mol. The lowest BCUT2D eigenvalue weighted by atomic mass is 10.1. The minimum atomic E-state index is -0.348.